The van der Waals surface area contributed by atoms with Gasteiger partial charge in [0.2, 0.25) is 11.7 Å². The minimum Gasteiger partial charge on any atom is -0.325 e. The van der Waals surface area contributed by atoms with Gasteiger partial charge in [-0.15, -0.1) is 11.3 Å². The first-order valence-electron chi connectivity index (χ1n) is 5.88. The quantitative estimate of drug-likeness (QED) is 0.845. The smallest absolute Gasteiger partial charge is 0.228 e. The number of ketones is 1. The zero-order chi connectivity index (χ0) is 14.4. The van der Waals surface area contributed by atoms with Crippen LogP contribution in [0.2, 0.25) is 10.0 Å². The number of nitrogens with one attached hydrogen (secondary N) is 1. The van der Waals surface area contributed by atoms with E-state index in [1.807, 2.05) is 12.3 Å². The second kappa shape index (κ2) is 4.88. The van der Waals surface area contributed by atoms with Crippen molar-refractivity contribution in [1.29, 1.82) is 0 Å². The molecule has 0 bridgehead atoms. The van der Waals surface area contributed by atoms with Crippen LogP contribution in [0, 0.1) is 6.92 Å². The van der Waals surface area contributed by atoms with Crippen LogP contribution in [0.4, 0.5) is 5.69 Å². The van der Waals surface area contributed by atoms with Gasteiger partial charge in [0.05, 0.1) is 21.3 Å². The fraction of sp³-hybridized carbons (Fsp3) is 0.143. The van der Waals surface area contributed by atoms with E-state index in [-0.39, 0.29) is 18.1 Å². The van der Waals surface area contributed by atoms with Crippen LogP contribution in [0.15, 0.2) is 17.5 Å². The number of carbonyl (C=O) groups is 2. The predicted molar refractivity (Wildman–Crippen MR) is 81.3 cm³/mol. The van der Waals surface area contributed by atoms with E-state index in [4.69, 9.17) is 23.2 Å². The molecule has 1 N–H and O–H groups in total. The third-order valence-corrected chi connectivity index (χ3v) is 5.18. The van der Waals surface area contributed by atoms with Gasteiger partial charge in [-0.1, -0.05) is 23.2 Å². The molecule has 3 nitrogen and oxygen atoms in total. The Balaban J connectivity index is 2.07. The first kappa shape index (κ1) is 13.6. The van der Waals surface area contributed by atoms with Crippen LogP contribution in [-0.2, 0) is 11.2 Å². The highest BCUT2D eigenvalue weighted by Crippen LogP contribution is 2.34. The lowest BCUT2D eigenvalue weighted by atomic mass is 10.0. The number of thiophene rings is 1. The van der Waals surface area contributed by atoms with Crippen molar-refractivity contribution in [2.45, 2.75) is 13.3 Å². The SMILES string of the molecule is Cc1csc(C(=O)c2cc3c(cc2Cl)NC(=O)C3)c1Cl. The number of fused-ring (bicyclic) bond motifs is 1. The van der Waals surface area contributed by atoms with Crippen LogP contribution >= 0.6 is 34.5 Å². The van der Waals surface area contributed by atoms with Gasteiger partial charge in [-0.2, -0.15) is 0 Å². The summed E-state index contributed by atoms with van der Waals surface area (Å²) < 4.78 is 0. The summed E-state index contributed by atoms with van der Waals surface area (Å²) in [6.07, 6.45) is 0.268. The van der Waals surface area contributed by atoms with E-state index in [0.29, 0.717) is 26.2 Å². The summed E-state index contributed by atoms with van der Waals surface area (Å²) >= 11 is 13.6. The molecule has 2 heterocycles. The van der Waals surface area contributed by atoms with Crippen LogP contribution in [0.25, 0.3) is 0 Å². The molecule has 0 radical (unpaired) electrons. The lowest BCUT2D eigenvalue weighted by Crippen LogP contribution is -2.03. The van der Waals surface area contributed by atoms with Gasteiger partial charge >= 0.3 is 0 Å². The zero-order valence-corrected chi connectivity index (χ0v) is 12.7. The second-order valence-corrected chi connectivity index (χ2v) is 6.27. The van der Waals surface area contributed by atoms with Gasteiger partial charge in [-0.25, -0.2) is 0 Å². The summed E-state index contributed by atoms with van der Waals surface area (Å²) in [5.74, 6) is -0.300. The number of halogens is 2. The minimum absolute atomic E-state index is 0.0920. The Morgan fingerprint density at radius 1 is 1.35 bits per heavy atom. The Kier molecular flexibility index (Phi) is 3.32. The van der Waals surface area contributed by atoms with Gasteiger partial charge in [0, 0.05) is 11.3 Å². The molecule has 1 aliphatic heterocycles. The number of anilines is 1. The van der Waals surface area contributed by atoms with Gasteiger partial charge in [0.15, 0.2) is 0 Å². The number of carbonyl (C=O) groups excluding carboxylic acids is 2. The molecule has 0 aliphatic carbocycles. The van der Waals surface area contributed by atoms with E-state index < -0.39 is 0 Å². The molecule has 0 saturated heterocycles. The molecule has 0 unspecified atom stereocenters. The minimum atomic E-state index is -0.208. The Morgan fingerprint density at radius 2 is 2.10 bits per heavy atom. The van der Waals surface area contributed by atoms with Crippen molar-refractivity contribution >= 4 is 51.9 Å². The van der Waals surface area contributed by atoms with Crippen molar-refractivity contribution in [2.75, 3.05) is 5.32 Å². The number of hydrogen-bond donors (Lipinski definition) is 1. The average Bonchev–Trinajstić information content (AvgIpc) is 2.91. The largest absolute Gasteiger partial charge is 0.325 e. The van der Waals surface area contributed by atoms with E-state index in [0.717, 1.165) is 11.1 Å². The molecule has 1 aromatic carbocycles. The lowest BCUT2D eigenvalue weighted by molar-refractivity contribution is -0.115. The highest BCUT2D eigenvalue weighted by molar-refractivity contribution is 7.13. The zero-order valence-electron chi connectivity index (χ0n) is 10.4. The molecule has 0 spiro atoms. The van der Waals surface area contributed by atoms with E-state index in [2.05, 4.69) is 5.32 Å². The predicted octanol–water partition coefficient (Wildman–Crippen LogP) is 4.09. The highest BCUT2D eigenvalue weighted by atomic mass is 35.5. The molecule has 0 fully saturated rings. The molecule has 0 saturated carbocycles. The molecule has 102 valence electrons. The van der Waals surface area contributed by atoms with Crippen LogP contribution in [0.3, 0.4) is 0 Å². The van der Waals surface area contributed by atoms with Gasteiger partial charge in [-0.3, -0.25) is 9.59 Å². The highest BCUT2D eigenvalue weighted by Gasteiger charge is 2.24. The normalized spacial score (nSPS) is 13.2. The number of rotatable bonds is 2. The maximum Gasteiger partial charge on any atom is 0.228 e. The van der Waals surface area contributed by atoms with Gasteiger partial charge in [0.1, 0.15) is 0 Å². The number of hydrogen-bond acceptors (Lipinski definition) is 3. The average molecular weight is 326 g/mol. The summed E-state index contributed by atoms with van der Waals surface area (Å²) in [5, 5.41) is 5.32. The van der Waals surface area contributed by atoms with E-state index in [9.17, 15) is 9.59 Å². The summed E-state index contributed by atoms with van der Waals surface area (Å²) in [6.45, 7) is 1.85. The molecule has 1 aromatic heterocycles. The van der Waals surface area contributed by atoms with E-state index in [1.54, 1.807) is 12.1 Å². The Bertz CT molecular complexity index is 752. The van der Waals surface area contributed by atoms with Gasteiger partial charge in [-0.05, 0) is 35.6 Å². The van der Waals surface area contributed by atoms with Crippen molar-refractivity contribution in [1.82, 2.24) is 0 Å². The molecule has 2 aromatic rings. The second-order valence-electron chi connectivity index (χ2n) is 4.61. The molecule has 3 rings (SSSR count). The topological polar surface area (TPSA) is 46.2 Å². The molecule has 6 heteroatoms. The Morgan fingerprint density at radius 3 is 2.75 bits per heavy atom. The third-order valence-electron chi connectivity index (χ3n) is 3.17. The molecular formula is C14H9Cl2NO2S. The van der Waals surface area contributed by atoms with Crippen molar-refractivity contribution in [3.63, 3.8) is 0 Å². The Labute approximate surface area is 129 Å². The van der Waals surface area contributed by atoms with Gasteiger partial charge < -0.3 is 5.32 Å². The molecule has 1 aliphatic rings. The van der Waals surface area contributed by atoms with Crippen LogP contribution in [-0.4, -0.2) is 11.7 Å². The van der Waals surface area contributed by atoms with Gasteiger partial charge in [0.25, 0.3) is 0 Å². The van der Waals surface area contributed by atoms with Crippen molar-refractivity contribution in [3.8, 4) is 0 Å². The standard InChI is InChI=1S/C14H9Cl2NO2S/c1-6-5-20-14(12(6)16)13(19)8-2-7-3-11(18)17-10(7)4-9(8)15/h2,4-5H,3H2,1H3,(H,17,18). The van der Waals surface area contributed by atoms with Crippen molar-refractivity contribution in [2.24, 2.45) is 0 Å². The van der Waals surface area contributed by atoms with E-state index >= 15 is 0 Å². The third kappa shape index (κ3) is 2.14. The monoisotopic (exact) mass is 325 g/mol. The summed E-state index contributed by atoms with van der Waals surface area (Å²) in [6, 6.07) is 3.28. The fourth-order valence-electron chi connectivity index (χ4n) is 2.13. The van der Waals surface area contributed by atoms with Crippen LogP contribution in [0.1, 0.15) is 26.4 Å². The fourth-order valence-corrected chi connectivity index (χ4v) is 3.61. The molecule has 0 atom stereocenters. The van der Waals surface area contributed by atoms with Crippen molar-refractivity contribution in [3.05, 3.63) is 49.1 Å². The molecule has 20 heavy (non-hydrogen) atoms. The lowest BCUT2D eigenvalue weighted by Gasteiger charge is -2.06. The maximum atomic E-state index is 12.5. The summed E-state index contributed by atoms with van der Waals surface area (Å²) in [7, 11) is 0. The number of amides is 1. The molecule has 1 amide bonds. The Hall–Kier alpha value is -1.36. The van der Waals surface area contributed by atoms with Crippen molar-refractivity contribution < 1.29 is 9.59 Å². The summed E-state index contributed by atoms with van der Waals surface area (Å²) in [5.41, 5.74) is 2.71. The van der Waals surface area contributed by atoms with Crippen LogP contribution in [0.5, 0.6) is 0 Å². The maximum absolute atomic E-state index is 12.5. The number of benzene rings is 1. The first-order chi connectivity index (χ1) is 9.47. The molecular weight excluding hydrogens is 317 g/mol. The summed E-state index contributed by atoms with van der Waals surface area (Å²) in [4.78, 5) is 24.4. The number of aryl methyl sites for hydroxylation is 1. The van der Waals surface area contributed by atoms with E-state index in [1.165, 1.54) is 11.3 Å². The first-order valence-corrected chi connectivity index (χ1v) is 7.51. The van der Waals surface area contributed by atoms with Crippen LogP contribution < -0.4 is 5.32 Å².